The van der Waals surface area contributed by atoms with E-state index in [-0.39, 0.29) is 27.3 Å². The van der Waals surface area contributed by atoms with Crippen molar-refractivity contribution in [1.29, 1.82) is 0 Å². The van der Waals surface area contributed by atoms with Crippen molar-refractivity contribution in [2.24, 2.45) is 0 Å². The quantitative estimate of drug-likeness (QED) is 0.447. The SMILES string of the molecule is O=S(=O)(O)O.[H+].[Sc]. The third-order valence-corrected chi connectivity index (χ3v) is 0. The maximum Gasteiger partial charge on any atom is 1.00 e. The van der Waals surface area contributed by atoms with Crippen LogP contribution in [0, 0.1) is 0 Å². The summed E-state index contributed by atoms with van der Waals surface area (Å²) < 4.78 is 31.6. The molecule has 4 nitrogen and oxygen atoms in total. The van der Waals surface area contributed by atoms with Gasteiger partial charge in [0.05, 0.1) is 0 Å². The van der Waals surface area contributed by atoms with Crippen LogP contribution in [0.3, 0.4) is 0 Å². The third kappa shape index (κ3) is 121. The van der Waals surface area contributed by atoms with E-state index in [2.05, 4.69) is 0 Å². The zero-order chi connectivity index (χ0) is 4.50. The average Bonchev–Trinajstić information content (AvgIpc) is 0.722. The molecule has 2 N–H and O–H groups in total. The third-order valence-electron chi connectivity index (χ3n) is 0. The Morgan fingerprint density at radius 3 is 1.33 bits per heavy atom. The minimum atomic E-state index is -4.67. The van der Waals surface area contributed by atoms with E-state index < -0.39 is 10.4 Å². The van der Waals surface area contributed by atoms with Gasteiger partial charge in [-0.15, -0.1) is 0 Å². The van der Waals surface area contributed by atoms with Gasteiger partial charge in [0.25, 0.3) is 0 Å². The van der Waals surface area contributed by atoms with E-state index in [4.69, 9.17) is 17.5 Å². The van der Waals surface area contributed by atoms with Gasteiger partial charge in [0.1, 0.15) is 0 Å². The molecule has 0 fully saturated rings. The number of rotatable bonds is 0. The van der Waals surface area contributed by atoms with Crippen LogP contribution in [0.4, 0.5) is 0 Å². The van der Waals surface area contributed by atoms with Gasteiger partial charge in [-0.3, -0.25) is 9.11 Å². The van der Waals surface area contributed by atoms with Gasteiger partial charge >= 0.3 is 11.8 Å². The largest absolute Gasteiger partial charge is 1.00 e. The Hall–Kier alpha value is 0.740. The first-order chi connectivity index (χ1) is 2.00. The Morgan fingerprint density at radius 2 is 1.33 bits per heavy atom. The van der Waals surface area contributed by atoms with Crippen LogP contribution in [-0.2, 0) is 36.2 Å². The van der Waals surface area contributed by atoms with Gasteiger partial charge in [-0.05, 0) is 0 Å². The molecule has 6 heavy (non-hydrogen) atoms. The maximum atomic E-state index is 8.74. The molecule has 0 atom stereocenters. The van der Waals surface area contributed by atoms with Crippen LogP contribution >= 0.6 is 0 Å². The van der Waals surface area contributed by atoms with E-state index >= 15 is 0 Å². The van der Waals surface area contributed by atoms with E-state index in [0.717, 1.165) is 0 Å². The van der Waals surface area contributed by atoms with E-state index in [9.17, 15) is 0 Å². The molecule has 0 unspecified atom stereocenters. The molecule has 0 aromatic carbocycles. The molecule has 0 aliphatic rings. The Bertz CT molecular complexity index is 94.9. The van der Waals surface area contributed by atoms with Crippen LogP contribution in [0.5, 0.6) is 0 Å². The predicted molar refractivity (Wildman–Crippen MR) is 15.3 cm³/mol. The Kier molecular flexibility index (Phi) is 4.68. The monoisotopic (exact) mass is 144 g/mol. The first kappa shape index (κ1) is 9.88. The van der Waals surface area contributed by atoms with Crippen LogP contribution in [0.2, 0.25) is 0 Å². The van der Waals surface area contributed by atoms with Crippen molar-refractivity contribution in [1.82, 2.24) is 0 Å². The Balaban J connectivity index is -0.0000000800. The van der Waals surface area contributed by atoms with Crippen LogP contribution < -0.4 is 0 Å². The summed E-state index contributed by atoms with van der Waals surface area (Å²) in [7, 11) is -4.67. The minimum absolute atomic E-state index is 0. The van der Waals surface area contributed by atoms with E-state index in [1.165, 1.54) is 0 Å². The van der Waals surface area contributed by atoms with Crippen LogP contribution in [0.1, 0.15) is 1.43 Å². The van der Waals surface area contributed by atoms with E-state index in [0.29, 0.717) is 0 Å². The summed E-state index contributed by atoms with van der Waals surface area (Å²) in [6.45, 7) is 0. The van der Waals surface area contributed by atoms with Crippen molar-refractivity contribution in [2.45, 2.75) is 0 Å². The minimum Gasteiger partial charge on any atom is -0.264 e. The van der Waals surface area contributed by atoms with E-state index in [1.807, 2.05) is 0 Å². The van der Waals surface area contributed by atoms with Crippen LogP contribution in [0.15, 0.2) is 0 Å². The molecule has 0 saturated carbocycles. The summed E-state index contributed by atoms with van der Waals surface area (Å²) in [5.74, 6) is 0. The van der Waals surface area contributed by atoms with Gasteiger partial charge in [-0.25, -0.2) is 0 Å². The molecule has 0 spiro atoms. The first-order valence-electron chi connectivity index (χ1n) is 0.698. The Morgan fingerprint density at radius 1 is 1.33 bits per heavy atom. The van der Waals surface area contributed by atoms with Crippen molar-refractivity contribution in [3.63, 3.8) is 0 Å². The smallest absolute Gasteiger partial charge is 0.264 e. The van der Waals surface area contributed by atoms with Crippen molar-refractivity contribution >= 4 is 10.4 Å². The molecular formula is H3O4SSc+. The number of hydrogen-bond donors (Lipinski definition) is 2. The summed E-state index contributed by atoms with van der Waals surface area (Å²) in [5, 5.41) is 0. The Labute approximate surface area is 55.4 Å². The van der Waals surface area contributed by atoms with E-state index in [1.54, 1.807) is 0 Å². The molecule has 1 radical (unpaired) electrons. The van der Waals surface area contributed by atoms with Crippen LogP contribution in [-0.4, -0.2) is 17.5 Å². The summed E-state index contributed by atoms with van der Waals surface area (Å²) in [5.41, 5.74) is 0. The standard InChI is InChI=1S/H2O4S.Sc/c1-5(2,3)4;/h(H2,1,2,3,4);/p+1. The molecular weight excluding hydrogens is 141 g/mol. The van der Waals surface area contributed by atoms with Crippen molar-refractivity contribution in [2.75, 3.05) is 0 Å². The molecule has 0 rings (SSSR count). The van der Waals surface area contributed by atoms with Gasteiger partial charge < -0.3 is 0 Å². The van der Waals surface area contributed by atoms with Crippen LogP contribution in [0.25, 0.3) is 0 Å². The fourth-order valence-electron chi connectivity index (χ4n) is 0. The fraction of sp³-hybridized carbons (Fsp3) is 0. The summed E-state index contributed by atoms with van der Waals surface area (Å²) >= 11 is 0. The molecule has 0 saturated heterocycles. The van der Waals surface area contributed by atoms with Crippen molar-refractivity contribution in [3.8, 4) is 0 Å². The first-order valence-corrected chi connectivity index (χ1v) is 2.10. The molecule has 0 heterocycles. The van der Waals surface area contributed by atoms with Gasteiger partial charge in [-0.1, -0.05) is 0 Å². The normalized spacial score (nSPS) is 9.67. The zero-order valence-corrected chi connectivity index (χ0v) is 5.32. The van der Waals surface area contributed by atoms with Crippen molar-refractivity contribution in [3.05, 3.63) is 0 Å². The molecule has 35 valence electrons. The molecule has 6 heteroatoms. The zero-order valence-electron chi connectivity index (χ0n) is 3.70. The predicted octanol–water partition coefficient (Wildman–Crippen LogP) is -0.543. The van der Waals surface area contributed by atoms with Crippen molar-refractivity contribution < 1.29 is 44.8 Å². The molecule has 0 aromatic heterocycles. The second-order valence-corrected chi connectivity index (χ2v) is 1.34. The molecule has 0 amide bonds. The topological polar surface area (TPSA) is 74.6 Å². The fourth-order valence-corrected chi connectivity index (χ4v) is 0. The summed E-state index contributed by atoms with van der Waals surface area (Å²) in [6.07, 6.45) is 0. The van der Waals surface area contributed by atoms with Gasteiger partial charge in [0.2, 0.25) is 0 Å². The van der Waals surface area contributed by atoms with Gasteiger partial charge in [-0.2, -0.15) is 8.42 Å². The molecule has 0 aliphatic heterocycles. The summed E-state index contributed by atoms with van der Waals surface area (Å²) in [6, 6.07) is 0. The second-order valence-electron chi connectivity index (χ2n) is 0.448. The maximum absolute atomic E-state index is 8.74. The average molecular weight is 144 g/mol. The molecule has 0 bridgehead atoms. The van der Waals surface area contributed by atoms with Gasteiger partial charge in [0.15, 0.2) is 0 Å². The van der Waals surface area contributed by atoms with Gasteiger partial charge in [0, 0.05) is 25.8 Å². The second kappa shape index (κ2) is 2.84. The molecule has 0 aliphatic carbocycles. The number of hydrogen-bond acceptors (Lipinski definition) is 2. The summed E-state index contributed by atoms with van der Waals surface area (Å²) in [4.78, 5) is 0. The molecule has 0 aromatic rings.